The van der Waals surface area contributed by atoms with Crippen LogP contribution in [0.1, 0.15) is 38.4 Å². The van der Waals surface area contributed by atoms with Gasteiger partial charge in [-0.05, 0) is 49.6 Å². The molecule has 5 heteroatoms. The van der Waals surface area contributed by atoms with Crippen molar-refractivity contribution in [3.05, 3.63) is 42.2 Å². The van der Waals surface area contributed by atoms with Crippen molar-refractivity contribution in [2.24, 2.45) is 0 Å². The molecule has 0 aliphatic carbocycles. The Morgan fingerprint density at radius 2 is 1.92 bits per heavy atom. The fraction of sp³-hybridized carbons (Fsp3) is 0.368. The monoisotopic (exact) mass is 324 g/mol. The van der Waals surface area contributed by atoms with Crippen molar-refractivity contribution in [3.63, 3.8) is 0 Å². The highest BCUT2D eigenvalue weighted by Crippen LogP contribution is 2.37. The van der Waals surface area contributed by atoms with Crippen LogP contribution < -0.4 is 0 Å². The lowest BCUT2D eigenvalue weighted by Gasteiger charge is -2.34. The molecule has 1 unspecified atom stereocenters. The minimum atomic E-state index is -0.172. The van der Waals surface area contributed by atoms with Crippen molar-refractivity contribution in [2.75, 3.05) is 6.61 Å². The Bertz CT molecular complexity index is 885. The third-order valence-electron chi connectivity index (χ3n) is 4.60. The summed E-state index contributed by atoms with van der Waals surface area (Å²) in [5.41, 5.74) is 0.396. The molecule has 0 saturated carbocycles. The SMILES string of the molecule is CC1(C)CC(c2noc(-c3cc4ccccc4cc3O)n2)CCO1. The van der Waals surface area contributed by atoms with E-state index in [1.165, 1.54) is 0 Å². The lowest BCUT2D eigenvalue weighted by molar-refractivity contribution is -0.0604. The predicted octanol–water partition coefficient (Wildman–Crippen LogP) is 4.27. The largest absolute Gasteiger partial charge is 0.507 e. The molecule has 1 fully saturated rings. The molecule has 24 heavy (non-hydrogen) atoms. The van der Waals surface area contributed by atoms with Gasteiger partial charge in [0.1, 0.15) is 5.75 Å². The molecule has 124 valence electrons. The second-order valence-corrected chi connectivity index (χ2v) is 6.97. The van der Waals surface area contributed by atoms with Crippen molar-refractivity contribution >= 4 is 10.8 Å². The van der Waals surface area contributed by atoms with E-state index in [0.29, 0.717) is 23.9 Å². The second-order valence-electron chi connectivity index (χ2n) is 6.97. The third kappa shape index (κ3) is 2.76. The molecular weight excluding hydrogens is 304 g/mol. The number of fused-ring (bicyclic) bond motifs is 1. The minimum absolute atomic E-state index is 0.149. The van der Waals surface area contributed by atoms with Crippen molar-refractivity contribution in [1.82, 2.24) is 10.1 Å². The molecule has 2 heterocycles. The van der Waals surface area contributed by atoms with E-state index in [2.05, 4.69) is 24.0 Å². The van der Waals surface area contributed by atoms with E-state index in [-0.39, 0.29) is 17.3 Å². The van der Waals surface area contributed by atoms with Crippen LogP contribution in [-0.4, -0.2) is 27.5 Å². The highest BCUT2D eigenvalue weighted by atomic mass is 16.5. The molecule has 3 aromatic rings. The van der Waals surface area contributed by atoms with Crippen molar-refractivity contribution < 1.29 is 14.4 Å². The van der Waals surface area contributed by atoms with E-state index in [0.717, 1.165) is 23.6 Å². The summed E-state index contributed by atoms with van der Waals surface area (Å²) in [6.07, 6.45) is 1.74. The van der Waals surface area contributed by atoms with Crippen molar-refractivity contribution in [2.45, 2.75) is 38.2 Å². The van der Waals surface area contributed by atoms with E-state index in [9.17, 15) is 5.11 Å². The van der Waals surface area contributed by atoms with Gasteiger partial charge in [-0.25, -0.2) is 0 Å². The molecule has 0 radical (unpaired) electrons. The maximum Gasteiger partial charge on any atom is 0.261 e. The Morgan fingerprint density at radius 1 is 1.17 bits per heavy atom. The summed E-state index contributed by atoms with van der Waals surface area (Å²) in [4.78, 5) is 4.54. The van der Waals surface area contributed by atoms with Crippen LogP contribution in [0.5, 0.6) is 5.75 Å². The topological polar surface area (TPSA) is 68.4 Å². The van der Waals surface area contributed by atoms with Gasteiger partial charge in [0.05, 0.1) is 11.2 Å². The van der Waals surface area contributed by atoms with Crippen LogP contribution >= 0.6 is 0 Å². The van der Waals surface area contributed by atoms with Gasteiger partial charge in [0.25, 0.3) is 5.89 Å². The first-order chi connectivity index (χ1) is 11.5. The van der Waals surface area contributed by atoms with Crippen LogP contribution in [-0.2, 0) is 4.74 Å². The maximum atomic E-state index is 10.3. The number of rotatable bonds is 2. The summed E-state index contributed by atoms with van der Waals surface area (Å²) in [5.74, 6) is 1.41. The van der Waals surface area contributed by atoms with E-state index >= 15 is 0 Å². The number of hydrogen-bond acceptors (Lipinski definition) is 5. The zero-order valence-electron chi connectivity index (χ0n) is 13.8. The summed E-state index contributed by atoms with van der Waals surface area (Å²) in [6.45, 7) is 4.85. The Hall–Kier alpha value is -2.40. The standard InChI is InChI=1S/C19H20N2O3/c1-19(2)11-14(7-8-23-19)17-20-18(24-21-17)15-9-12-5-3-4-6-13(12)10-16(15)22/h3-6,9-10,14,22H,7-8,11H2,1-2H3. The molecule has 0 spiro atoms. The first kappa shape index (κ1) is 15.1. The highest BCUT2D eigenvalue weighted by Gasteiger charge is 2.32. The Balaban J connectivity index is 1.69. The number of ether oxygens (including phenoxy) is 1. The number of phenolic OH excluding ortho intramolecular Hbond substituents is 1. The Morgan fingerprint density at radius 3 is 2.67 bits per heavy atom. The van der Waals surface area contributed by atoms with Crippen LogP contribution in [0.25, 0.3) is 22.2 Å². The first-order valence-corrected chi connectivity index (χ1v) is 8.21. The molecule has 1 saturated heterocycles. The highest BCUT2D eigenvalue weighted by molar-refractivity contribution is 5.89. The molecule has 1 N–H and O–H groups in total. The van der Waals surface area contributed by atoms with E-state index in [1.807, 2.05) is 30.3 Å². The van der Waals surface area contributed by atoms with Gasteiger partial charge in [-0.2, -0.15) is 4.98 Å². The third-order valence-corrected chi connectivity index (χ3v) is 4.60. The molecule has 0 amide bonds. The zero-order chi connectivity index (χ0) is 16.7. The zero-order valence-corrected chi connectivity index (χ0v) is 13.8. The molecule has 2 aromatic carbocycles. The van der Waals surface area contributed by atoms with Crippen LogP contribution in [0.3, 0.4) is 0 Å². The van der Waals surface area contributed by atoms with Gasteiger partial charge in [0.15, 0.2) is 5.82 Å². The number of aromatic hydroxyl groups is 1. The van der Waals surface area contributed by atoms with Crippen molar-refractivity contribution in [3.8, 4) is 17.2 Å². The molecule has 1 aliphatic heterocycles. The minimum Gasteiger partial charge on any atom is -0.507 e. The normalized spacial score (nSPS) is 20.3. The predicted molar refractivity (Wildman–Crippen MR) is 90.9 cm³/mol. The molecule has 1 atom stereocenters. The number of nitrogens with zero attached hydrogens (tertiary/aromatic N) is 2. The second kappa shape index (κ2) is 5.60. The van der Waals surface area contributed by atoms with Gasteiger partial charge in [0, 0.05) is 12.5 Å². The molecule has 4 rings (SSSR count). The fourth-order valence-corrected chi connectivity index (χ4v) is 3.36. The summed E-state index contributed by atoms with van der Waals surface area (Å²) >= 11 is 0. The summed E-state index contributed by atoms with van der Waals surface area (Å²) in [7, 11) is 0. The summed E-state index contributed by atoms with van der Waals surface area (Å²) < 4.78 is 11.2. The Kier molecular flexibility index (Phi) is 3.53. The van der Waals surface area contributed by atoms with Gasteiger partial charge < -0.3 is 14.4 Å². The average molecular weight is 324 g/mol. The van der Waals surface area contributed by atoms with Gasteiger partial charge >= 0.3 is 0 Å². The van der Waals surface area contributed by atoms with Crippen LogP contribution in [0.15, 0.2) is 40.9 Å². The van der Waals surface area contributed by atoms with E-state index < -0.39 is 0 Å². The summed E-state index contributed by atoms with van der Waals surface area (Å²) in [6, 6.07) is 11.5. The first-order valence-electron chi connectivity index (χ1n) is 8.21. The van der Waals surface area contributed by atoms with E-state index in [1.54, 1.807) is 6.07 Å². The lowest BCUT2D eigenvalue weighted by atomic mass is 9.88. The molecule has 5 nitrogen and oxygen atoms in total. The number of benzene rings is 2. The quantitative estimate of drug-likeness (QED) is 0.762. The summed E-state index contributed by atoms with van der Waals surface area (Å²) in [5, 5.41) is 16.5. The molecule has 0 bridgehead atoms. The van der Waals surface area contributed by atoms with Gasteiger partial charge in [-0.3, -0.25) is 0 Å². The number of aromatic nitrogens is 2. The number of phenols is 1. The van der Waals surface area contributed by atoms with E-state index in [4.69, 9.17) is 9.26 Å². The Labute approximate surface area is 140 Å². The average Bonchev–Trinajstić information content (AvgIpc) is 3.03. The smallest absolute Gasteiger partial charge is 0.261 e. The number of hydrogen-bond donors (Lipinski definition) is 1. The lowest BCUT2D eigenvalue weighted by Crippen LogP contribution is -2.33. The van der Waals surface area contributed by atoms with Crippen LogP contribution in [0, 0.1) is 0 Å². The molecule has 1 aliphatic rings. The molecular formula is C19H20N2O3. The van der Waals surface area contributed by atoms with Crippen molar-refractivity contribution in [1.29, 1.82) is 0 Å². The van der Waals surface area contributed by atoms with Gasteiger partial charge in [-0.1, -0.05) is 29.4 Å². The maximum absolute atomic E-state index is 10.3. The van der Waals surface area contributed by atoms with Gasteiger partial charge in [-0.15, -0.1) is 0 Å². The van der Waals surface area contributed by atoms with Crippen LogP contribution in [0.2, 0.25) is 0 Å². The van der Waals surface area contributed by atoms with Gasteiger partial charge in [0.2, 0.25) is 0 Å². The molecule has 1 aromatic heterocycles. The van der Waals surface area contributed by atoms with Crippen LogP contribution in [0.4, 0.5) is 0 Å². The fourth-order valence-electron chi connectivity index (χ4n) is 3.36.